The van der Waals surface area contributed by atoms with Crippen molar-refractivity contribution in [1.29, 1.82) is 0 Å². The third-order valence-electron chi connectivity index (χ3n) is 2.61. The van der Waals surface area contributed by atoms with E-state index < -0.39 is 26.7 Å². The molecule has 0 saturated heterocycles. The van der Waals surface area contributed by atoms with Crippen LogP contribution in [0.15, 0.2) is 29.2 Å². The minimum atomic E-state index is -4.71. The van der Waals surface area contributed by atoms with Crippen LogP contribution in [0.4, 0.5) is 13.2 Å². The Morgan fingerprint density at radius 2 is 1.81 bits per heavy atom. The molecule has 0 aliphatic heterocycles. The van der Waals surface area contributed by atoms with Crippen LogP contribution in [0.25, 0.3) is 0 Å². The van der Waals surface area contributed by atoms with E-state index in [1.54, 1.807) is 6.92 Å². The van der Waals surface area contributed by atoms with Crippen molar-refractivity contribution < 1.29 is 21.6 Å². The van der Waals surface area contributed by atoms with Gasteiger partial charge in [-0.05, 0) is 25.6 Å². The smallest absolute Gasteiger partial charge is 0.313 e. The minimum absolute atomic E-state index is 0. The van der Waals surface area contributed by atoms with Gasteiger partial charge >= 0.3 is 6.18 Å². The van der Waals surface area contributed by atoms with Gasteiger partial charge in [-0.2, -0.15) is 13.2 Å². The summed E-state index contributed by atoms with van der Waals surface area (Å²) in [6.07, 6.45) is -4.71. The van der Waals surface area contributed by atoms with E-state index in [1.165, 1.54) is 6.07 Å². The van der Waals surface area contributed by atoms with Gasteiger partial charge in [0.2, 0.25) is 10.0 Å². The predicted octanol–water partition coefficient (Wildman–Crippen LogP) is 2.40. The molecule has 0 aromatic heterocycles. The maximum Gasteiger partial charge on any atom is 0.417 e. The van der Waals surface area contributed by atoms with Crippen molar-refractivity contribution in [2.75, 3.05) is 13.1 Å². The topological polar surface area (TPSA) is 58.2 Å². The molecular weight excluding hydrogens is 329 g/mol. The van der Waals surface area contributed by atoms with E-state index in [2.05, 4.69) is 10.0 Å². The van der Waals surface area contributed by atoms with Gasteiger partial charge in [0, 0.05) is 12.6 Å². The summed E-state index contributed by atoms with van der Waals surface area (Å²) in [6, 6.07) is 3.94. The molecular formula is C12H18ClF3N2O2S. The molecule has 0 aliphatic carbocycles. The SMILES string of the molecule is CCN[C@H](C)CNS(=O)(=O)c1ccccc1C(F)(F)F.Cl. The molecule has 9 heteroatoms. The third-order valence-corrected chi connectivity index (χ3v) is 4.10. The Kier molecular flexibility index (Phi) is 7.66. The van der Waals surface area contributed by atoms with E-state index in [9.17, 15) is 21.6 Å². The molecule has 0 spiro atoms. The summed E-state index contributed by atoms with van der Waals surface area (Å²) in [6.45, 7) is 4.25. The molecule has 1 rings (SSSR count). The van der Waals surface area contributed by atoms with Crippen LogP contribution in [-0.2, 0) is 16.2 Å². The molecule has 122 valence electrons. The van der Waals surface area contributed by atoms with Crippen LogP contribution in [0.5, 0.6) is 0 Å². The van der Waals surface area contributed by atoms with Crippen molar-refractivity contribution >= 4 is 22.4 Å². The Balaban J connectivity index is 0.00000400. The van der Waals surface area contributed by atoms with Crippen molar-refractivity contribution in [3.63, 3.8) is 0 Å². The number of nitrogens with one attached hydrogen (secondary N) is 2. The molecule has 0 bridgehead atoms. The lowest BCUT2D eigenvalue weighted by Gasteiger charge is -2.16. The summed E-state index contributed by atoms with van der Waals surface area (Å²) in [4.78, 5) is -0.754. The monoisotopic (exact) mass is 346 g/mol. The van der Waals surface area contributed by atoms with Gasteiger partial charge < -0.3 is 5.32 Å². The van der Waals surface area contributed by atoms with Crippen molar-refractivity contribution in [2.45, 2.75) is 31.0 Å². The van der Waals surface area contributed by atoms with Crippen LogP contribution in [0.3, 0.4) is 0 Å². The Bertz CT molecular complexity index is 550. The number of hydrogen-bond donors (Lipinski definition) is 2. The van der Waals surface area contributed by atoms with E-state index in [-0.39, 0.29) is 25.0 Å². The first-order chi connectivity index (χ1) is 9.18. The van der Waals surface area contributed by atoms with Crippen LogP contribution >= 0.6 is 12.4 Å². The average molecular weight is 347 g/mol. The average Bonchev–Trinajstić information content (AvgIpc) is 2.36. The molecule has 1 atom stereocenters. The summed E-state index contributed by atoms with van der Waals surface area (Å²) >= 11 is 0. The van der Waals surface area contributed by atoms with E-state index in [0.717, 1.165) is 18.2 Å². The van der Waals surface area contributed by atoms with Crippen LogP contribution in [0.2, 0.25) is 0 Å². The Morgan fingerprint density at radius 3 is 2.33 bits per heavy atom. The second-order valence-electron chi connectivity index (χ2n) is 4.30. The fourth-order valence-corrected chi connectivity index (χ4v) is 3.02. The molecule has 0 aliphatic rings. The number of hydrogen-bond acceptors (Lipinski definition) is 3. The molecule has 1 aromatic carbocycles. The molecule has 2 N–H and O–H groups in total. The van der Waals surface area contributed by atoms with Gasteiger partial charge in [0.05, 0.1) is 10.5 Å². The highest BCUT2D eigenvalue weighted by atomic mass is 35.5. The molecule has 21 heavy (non-hydrogen) atoms. The van der Waals surface area contributed by atoms with Crippen LogP contribution in [0.1, 0.15) is 19.4 Å². The first-order valence-electron chi connectivity index (χ1n) is 6.07. The highest BCUT2D eigenvalue weighted by Crippen LogP contribution is 2.33. The highest BCUT2D eigenvalue weighted by Gasteiger charge is 2.36. The lowest BCUT2D eigenvalue weighted by Crippen LogP contribution is -2.39. The van der Waals surface area contributed by atoms with Gasteiger partial charge in [-0.1, -0.05) is 19.1 Å². The fourth-order valence-electron chi connectivity index (χ4n) is 1.67. The normalized spacial score (nSPS) is 13.6. The maximum atomic E-state index is 12.8. The van der Waals surface area contributed by atoms with E-state index >= 15 is 0 Å². The van der Waals surface area contributed by atoms with Crippen molar-refractivity contribution in [2.24, 2.45) is 0 Å². The quantitative estimate of drug-likeness (QED) is 0.831. The van der Waals surface area contributed by atoms with Crippen LogP contribution in [0, 0.1) is 0 Å². The number of alkyl halides is 3. The van der Waals surface area contributed by atoms with Gasteiger partial charge in [0.25, 0.3) is 0 Å². The molecule has 0 amide bonds. The zero-order chi connectivity index (χ0) is 15.4. The molecule has 0 heterocycles. The molecule has 1 aromatic rings. The highest BCUT2D eigenvalue weighted by molar-refractivity contribution is 7.89. The first-order valence-corrected chi connectivity index (χ1v) is 7.56. The first kappa shape index (κ1) is 20.2. The Hall–Kier alpha value is -0.830. The molecule has 0 fully saturated rings. The zero-order valence-electron chi connectivity index (χ0n) is 11.6. The van der Waals surface area contributed by atoms with E-state index in [0.29, 0.717) is 6.54 Å². The number of sulfonamides is 1. The zero-order valence-corrected chi connectivity index (χ0v) is 13.2. The minimum Gasteiger partial charge on any atom is -0.313 e. The standard InChI is InChI=1S/C12H17F3N2O2S.ClH/c1-3-16-9(2)8-17-20(18,19)11-7-5-4-6-10(11)12(13,14)15;/h4-7,9,16-17H,3,8H2,1-2H3;1H/t9-;/m1./s1. The van der Waals surface area contributed by atoms with Crippen LogP contribution < -0.4 is 10.0 Å². The number of halogens is 4. The van der Waals surface area contributed by atoms with Gasteiger partial charge in [0.1, 0.15) is 0 Å². The summed E-state index contributed by atoms with van der Waals surface area (Å²) in [5, 5.41) is 2.97. The van der Waals surface area contributed by atoms with Gasteiger partial charge in [-0.15, -0.1) is 12.4 Å². The maximum absolute atomic E-state index is 12.8. The largest absolute Gasteiger partial charge is 0.417 e. The van der Waals surface area contributed by atoms with Crippen LogP contribution in [-0.4, -0.2) is 27.5 Å². The van der Waals surface area contributed by atoms with Crippen molar-refractivity contribution in [3.05, 3.63) is 29.8 Å². The van der Waals surface area contributed by atoms with Crippen molar-refractivity contribution in [1.82, 2.24) is 10.0 Å². The summed E-state index contributed by atoms with van der Waals surface area (Å²) in [5.74, 6) is 0. The number of benzene rings is 1. The Morgan fingerprint density at radius 1 is 1.24 bits per heavy atom. The lowest BCUT2D eigenvalue weighted by molar-refractivity contribution is -0.139. The Labute approximate surface area is 128 Å². The molecule has 0 unspecified atom stereocenters. The van der Waals surface area contributed by atoms with Gasteiger partial charge in [-0.25, -0.2) is 13.1 Å². The number of likely N-dealkylation sites (N-methyl/N-ethyl adjacent to an activating group) is 1. The third kappa shape index (κ3) is 5.82. The second kappa shape index (κ2) is 7.98. The summed E-state index contributed by atoms with van der Waals surface area (Å²) in [5.41, 5.74) is -1.16. The summed E-state index contributed by atoms with van der Waals surface area (Å²) < 4.78 is 64.5. The second-order valence-corrected chi connectivity index (χ2v) is 6.04. The summed E-state index contributed by atoms with van der Waals surface area (Å²) in [7, 11) is -4.20. The molecule has 0 saturated carbocycles. The van der Waals surface area contributed by atoms with Gasteiger partial charge in [0.15, 0.2) is 0 Å². The van der Waals surface area contributed by atoms with E-state index in [1.807, 2.05) is 6.92 Å². The molecule has 0 radical (unpaired) electrons. The predicted molar refractivity (Wildman–Crippen MR) is 77.0 cm³/mol. The number of rotatable bonds is 6. The molecule has 4 nitrogen and oxygen atoms in total. The van der Waals surface area contributed by atoms with E-state index in [4.69, 9.17) is 0 Å². The van der Waals surface area contributed by atoms with Gasteiger partial charge in [-0.3, -0.25) is 0 Å². The fraction of sp³-hybridized carbons (Fsp3) is 0.500. The lowest BCUT2D eigenvalue weighted by atomic mass is 10.2. The van der Waals surface area contributed by atoms with Crippen molar-refractivity contribution in [3.8, 4) is 0 Å².